The largest absolute Gasteiger partial charge is 0.480 e. The quantitative estimate of drug-likeness (QED) is 0.810. The molecule has 4 nitrogen and oxygen atoms in total. The zero-order chi connectivity index (χ0) is 13.8. The number of hydrogen-bond acceptors (Lipinski definition) is 3. The Morgan fingerprint density at radius 2 is 1.89 bits per heavy atom. The summed E-state index contributed by atoms with van der Waals surface area (Å²) in [5.41, 5.74) is -0.179. The van der Waals surface area contributed by atoms with Crippen molar-refractivity contribution in [2.75, 3.05) is 13.1 Å². The highest BCUT2D eigenvalue weighted by atomic mass is 16.4. The molecule has 1 unspecified atom stereocenters. The fourth-order valence-corrected chi connectivity index (χ4v) is 1.88. The summed E-state index contributed by atoms with van der Waals surface area (Å²) in [4.78, 5) is 13.0. The van der Waals surface area contributed by atoms with Gasteiger partial charge in [-0.2, -0.15) is 0 Å². The lowest BCUT2D eigenvalue weighted by molar-refractivity contribution is -0.150. The molecule has 0 bridgehead atoms. The minimum atomic E-state index is -0.982. The number of carboxylic acids is 1. The molecule has 0 aliphatic rings. The van der Waals surface area contributed by atoms with E-state index in [2.05, 4.69) is 0 Å². The molecule has 0 spiro atoms. The predicted octanol–water partition coefficient (Wildman–Crippen LogP) is 1.91. The molecule has 0 aliphatic heterocycles. The summed E-state index contributed by atoms with van der Waals surface area (Å²) in [6.45, 7) is 6.07. The topological polar surface area (TPSA) is 60.8 Å². The van der Waals surface area contributed by atoms with E-state index in [1.165, 1.54) is 0 Å². The van der Waals surface area contributed by atoms with Gasteiger partial charge in [0.2, 0.25) is 0 Å². The molecular weight excluding hydrogens is 230 g/mol. The average Bonchev–Trinajstić information content (AvgIpc) is 2.36. The van der Waals surface area contributed by atoms with Crippen molar-refractivity contribution in [1.29, 1.82) is 0 Å². The summed E-state index contributed by atoms with van der Waals surface area (Å²) in [5.74, 6) is -0.885. The lowest BCUT2D eigenvalue weighted by Gasteiger charge is -2.35. The maximum absolute atomic E-state index is 11.2. The maximum atomic E-state index is 11.2. The van der Waals surface area contributed by atoms with E-state index < -0.39 is 17.6 Å². The Kier molecular flexibility index (Phi) is 4.87. The molecule has 0 saturated carbocycles. The van der Waals surface area contributed by atoms with Gasteiger partial charge in [-0.05, 0) is 26.0 Å². The molecule has 0 radical (unpaired) electrons. The standard InChI is InChI=1S/C14H21NO3/c1-4-15(14(2,3)13(17)18)10-12(16)11-8-6-5-7-9-11/h5-9,12,16H,4,10H2,1-3H3,(H,17,18). The van der Waals surface area contributed by atoms with Crippen LogP contribution in [-0.4, -0.2) is 39.7 Å². The van der Waals surface area contributed by atoms with Gasteiger partial charge in [-0.1, -0.05) is 37.3 Å². The third-order valence-corrected chi connectivity index (χ3v) is 3.27. The third kappa shape index (κ3) is 3.31. The lowest BCUT2D eigenvalue weighted by Crippen LogP contribution is -2.51. The fraction of sp³-hybridized carbons (Fsp3) is 0.500. The molecule has 2 N–H and O–H groups in total. The summed E-state index contributed by atoms with van der Waals surface area (Å²) in [7, 11) is 0. The monoisotopic (exact) mass is 251 g/mol. The molecule has 100 valence electrons. The lowest BCUT2D eigenvalue weighted by atomic mass is 10.0. The van der Waals surface area contributed by atoms with Gasteiger partial charge in [-0.25, -0.2) is 0 Å². The number of carboxylic acid groups (broad SMARTS) is 1. The van der Waals surface area contributed by atoms with E-state index in [-0.39, 0.29) is 0 Å². The Morgan fingerprint density at radius 1 is 1.33 bits per heavy atom. The van der Waals surface area contributed by atoms with E-state index in [1.807, 2.05) is 37.3 Å². The van der Waals surface area contributed by atoms with Crippen molar-refractivity contribution in [3.63, 3.8) is 0 Å². The van der Waals surface area contributed by atoms with Gasteiger partial charge in [0.25, 0.3) is 0 Å². The summed E-state index contributed by atoms with van der Waals surface area (Å²) in [6.07, 6.45) is -0.676. The molecule has 1 rings (SSSR count). The number of hydrogen-bond donors (Lipinski definition) is 2. The van der Waals surface area contributed by atoms with Crippen LogP contribution in [0.5, 0.6) is 0 Å². The van der Waals surface area contributed by atoms with E-state index in [9.17, 15) is 15.0 Å². The van der Waals surface area contributed by atoms with Crippen LogP contribution in [0, 0.1) is 0 Å². The van der Waals surface area contributed by atoms with E-state index >= 15 is 0 Å². The second kappa shape index (κ2) is 5.98. The van der Waals surface area contributed by atoms with E-state index in [0.717, 1.165) is 5.56 Å². The molecule has 1 atom stereocenters. The Balaban J connectivity index is 2.78. The van der Waals surface area contributed by atoms with Crippen molar-refractivity contribution in [2.45, 2.75) is 32.4 Å². The number of nitrogens with zero attached hydrogens (tertiary/aromatic N) is 1. The number of benzene rings is 1. The molecule has 1 aromatic carbocycles. The smallest absolute Gasteiger partial charge is 0.323 e. The van der Waals surface area contributed by atoms with Crippen LogP contribution in [-0.2, 0) is 4.79 Å². The van der Waals surface area contributed by atoms with Crippen molar-refractivity contribution >= 4 is 5.97 Å². The molecule has 0 aromatic heterocycles. The van der Waals surface area contributed by atoms with Gasteiger partial charge < -0.3 is 10.2 Å². The number of likely N-dealkylation sites (N-methyl/N-ethyl adjacent to an activating group) is 1. The van der Waals surface area contributed by atoms with Crippen LogP contribution >= 0.6 is 0 Å². The Hall–Kier alpha value is -1.39. The summed E-state index contributed by atoms with van der Waals surface area (Å²) >= 11 is 0. The minimum absolute atomic E-state index is 0.305. The van der Waals surface area contributed by atoms with Crippen molar-refractivity contribution in [2.24, 2.45) is 0 Å². The molecule has 0 heterocycles. The number of rotatable bonds is 6. The first kappa shape index (κ1) is 14.7. The first-order valence-corrected chi connectivity index (χ1v) is 6.11. The normalized spacial score (nSPS) is 13.6. The van der Waals surface area contributed by atoms with E-state index in [0.29, 0.717) is 13.1 Å². The van der Waals surface area contributed by atoms with Crippen molar-refractivity contribution in [1.82, 2.24) is 4.90 Å². The maximum Gasteiger partial charge on any atom is 0.323 e. The third-order valence-electron chi connectivity index (χ3n) is 3.27. The average molecular weight is 251 g/mol. The second-order valence-electron chi connectivity index (χ2n) is 4.83. The molecule has 1 aromatic rings. The Labute approximate surface area is 108 Å². The summed E-state index contributed by atoms with van der Waals surface area (Å²) in [6, 6.07) is 9.28. The summed E-state index contributed by atoms with van der Waals surface area (Å²) < 4.78 is 0. The van der Waals surface area contributed by atoms with Gasteiger partial charge in [0.1, 0.15) is 5.54 Å². The molecule has 4 heteroatoms. The molecular formula is C14H21NO3. The van der Waals surface area contributed by atoms with Gasteiger partial charge in [0.15, 0.2) is 0 Å². The molecule has 18 heavy (non-hydrogen) atoms. The Bertz CT molecular complexity index is 389. The SMILES string of the molecule is CCN(CC(O)c1ccccc1)C(C)(C)C(=O)O. The fourth-order valence-electron chi connectivity index (χ4n) is 1.88. The van der Waals surface area contributed by atoms with Crippen molar-refractivity contribution < 1.29 is 15.0 Å². The van der Waals surface area contributed by atoms with E-state index in [1.54, 1.807) is 18.7 Å². The first-order chi connectivity index (χ1) is 8.39. The van der Waals surface area contributed by atoms with Crippen molar-refractivity contribution in [3.05, 3.63) is 35.9 Å². The highest BCUT2D eigenvalue weighted by molar-refractivity contribution is 5.77. The van der Waals surface area contributed by atoms with Crippen molar-refractivity contribution in [3.8, 4) is 0 Å². The van der Waals surface area contributed by atoms with Gasteiger partial charge in [-0.3, -0.25) is 9.69 Å². The van der Waals surface area contributed by atoms with Crippen LogP contribution in [0.4, 0.5) is 0 Å². The van der Waals surface area contributed by atoms with Crippen LogP contribution in [0.2, 0.25) is 0 Å². The zero-order valence-corrected chi connectivity index (χ0v) is 11.1. The molecule has 0 amide bonds. The number of aliphatic hydroxyl groups excluding tert-OH is 1. The van der Waals surface area contributed by atoms with Crippen LogP contribution < -0.4 is 0 Å². The molecule has 0 saturated heterocycles. The number of carbonyl (C=O) groups is 1. The Morgan fingerprint density at radius 3 is 2.33 bits per heavy atom. The van der Waals surface area contributed by atoms with Crippen LogP contribution in [0.3, 0.4) is 0 Å². The second-order valence-corrected chi connectivity index (χ2v) is 4.83. The van der Waals surface area contributed by atoms with Crippen LogP contribution in [0.15, 0.2) is 30.3 Å². The highest BCUT2D eigenvalue weighted by Crippen LogP contribution is 2.20. The van der Waals surface area contributed by atoms with Gasteiger partial charge >= 0.3 is 5.97 Å². The minimum Gasteiger partial charge on any atom is -0.480 e. The molecule has 0 fully saturated rings. The zero-order valence-electron chi connectivity index (χ0n) is 11.1. The first-order valence-electron chi connectivity index (χ1n) is 6.11. The van der Waals surface area contributed by atoms with Gasteiger partial charge in [0, 0.05) is 6.54 Å². The van der Waals surface area contributed by atoms with Crippen LogP contribution in [0.25, 0.3) is 0 Å². The summed E-state index contributed by atoms with van der Waals surface area (Å²) in [5, 5.41) is 19.3. The number of aliphatic carboxylic acids is 1. The van der Waals surface area contributed by atoms with Gasteiger partial charge in [-0.15, -0.1) is 0 Å². The molecule has 0 aliphatic carbocycles. The highest BCUT2D eigenvalue weighted by Gasteiger charge is 2.34. The predicted molar refractivity (Wildman–Crippen MR) is 70.4 cm³/mol. The number of β-amino-alcohol motifs (C(OH)–C–C–N with tert-alkyl or cyclic N) is 1. The van der Waals surface area contributed by atoms with Crippen LogP contribution in [0.1, 0.15) is 32.4 Å². The van der Waals surface area contributed by atoms with E-state index in [4.69, 9.17) is 0 Å². The van der Waals surface area contributed by atoms with Gasteiger partial charge in [0.05, 0.1) is 6.10 Å². The number of aliphatic hydroxyl groups is 1.